The Morgan fingerprint density at radius 1 is 0.677 bits per heavy atom. The summed E-state index contributed by atoms with van der Waals surface area (Å²) in [7, 11) is 0. The summed E-state index contributed by atoms with van der Waals surface area (Å²) in [6.07, 6.45) is 19.2. The van der Waals surface area contributed by atoms with Crippen LogP contribution in [0.5, 0.6) is 0 Å². The quantitative estimate of drug-likeness (QED) is 0.163. The summed E-state index contributed by atoms with van der Waals surface area (Å²) in [4.78, 5) is 25.2. The molecule has 4 heteroatoms. The molecular formula is C27H50O4. The van der Waals surface area contributed by atoms with Gasteiger partial charge in [-0.1, -0.05) is 104 Å². The third-order valence-corrected chi connectivity index (χ3v) is 6.53. The van der Waals surface area contributed by atoms with Gasteiger partial charge in [0, 0.05) is 0 Å². The van der Waals surface area contributed by atoms with E-state index in [4.69, 9.17) is 9.47 Å². The second kappa shape index (κ2) is 18.5. The van der Waals surface area contributed by atoms with Crippen molar-refractivity contribution in [2.24, 2.45) is 17.8 Å². The minimum absolute atomic E-state index is 0.182. The average Bonchev–Trinajstić information content (AvgIpc) is 2.77. The molecule has 0 bridgehead atoms. The monoisotopic (exact) mass is 438 g/mol. The van der Waals surface area contributed by atoms with Gasteiger partial charge in [-0.3, -0.25) is 9.59 Å². The lowest BCUT2D eigenvalue weighted by Crippen LogP contribution is -2.35. The fourth-order valence-electron chi connectivity index (χ4n) is 4.50. The number of carbonyl (C=O) groups is 2. The molecule has 0 radical (unpaired) electrons. The molecule has 1 aliphatic carbocycles. The van der Waals surface area contributed by atoms with Crippen LogP contribution in [0.4, 0.5) is 0 Å². The maximum atomic E-state index is 12.6. The van der Waals surface area contributed by atoms with Crippen LogP contribution in [0.3, 0.4) is 0 Å². The van der Waals surface area contributed by atoms with E-state index < -0.39 is 0 Å². The van der Waals surface area contributed by atoms with Gasteiger partial charge in [-0.05, 0) is 31.6 Å². The minimum Gasteiger partial charge on any atom is -0.465 e. The zero-order valence-corrected chi connectivity index (χ0v) is 20.8. The number of unbranched alkanes of at least 4 members (excludes halogenated alkanes) is 10. The van der Waals surface area contributed by atoms with Gasteiger partial charge in [0.2, 0.25) is 0 Å². The lowest BCUT2D eigenvalue weighted by Gasteiger charge is -2.28. The van der Waals surface area contributed by atoms with Crippen LogP contribution in [0.15, 0.2) is 0 Å². The summed E-state index contributed by atoms with van der Waals surface area (Å²) in [6, 6.07) is 0. The third-order valence-electron chi connectivity index (χ3n) is 6.53. The van der Waals surface area contributed by atoms with E-state index in [0.717, 1.165) is 57.3 Å². The van der Waals surface area contributed by atoms with Crippen molar-refractivity contribution < 1.29 is 19.1 Å². The van der Waals surface area contributed by atoms with Crippen LogP contribution in [0.1, 0.15) is 130 Å². The Morgan fingerprint density at radius 2 is 1.10 bits per heavy atom. The van der Waals surface area contributed by atoms with Gasteiger partial charge in [-0.2, -0.15) is 0 Å². The van der Waals surface area contributed by atoms with Crippen molar-refractivity contribution in [1.82, 2.24) is 0 Å². The first-order chi connectivity index (χ1) is 15.1. The number of hydrogen-bond acceptors (Lipinski definition) is 4. The molecule has 0 saturated heterocycles. The normalized spacial score (nSPS) is 18.8. The second-order valence-electron chi connectivity index (χ2n) is 9.90. The predicted molar refractivity (Wildman–Crippen MR) is 128 cm³/mol. The maximum Gasteiger partial charge on any atom is 0.309 e. The summed E-state index contributed by atoms with van der Waals surface area (Å²) in [5.41, 5.74) is 0. The largest absolute Gasteiger partial charge is 0.465 e. The van der Waals surface area contributed by atoms with Crippen molar-refractivity contribution in [1.29, 1.82) is 0 Å². The van der Waals surface area contributed by atoms with E-state index in [1.807, 2.05) is 0 Å². The Kier molecular flexibility index (Phi) is 16.7. The summed E-state index contributed by atoms with van der Waals surface area (Å²) in [5, 5.41) is 0. The fourth-order valence-corrected chi connectivity index (χ4v) is 4.50. The van der Waals surface area contributed by atoms with Crippen LogP contribution >= 0.6 is 0 Å². The van der Waals surface area contributed by atoms with Crippen LogP contribution < -0.4 is 0 Å². The smallest absolute Gasteiger partial charge is 0.309 e. The molecule has 2 atom stereocenters. The Bertz CT molecular complexity index is 460. The van der Waals surface area contributed by atoms with Gasteiger partial charge in [0.25, 0.3) is 0 Å². The zero-order valence-electron chi connectivity index (χ0n) is 20.8. The maximum absolute atomic E-state index is 12.6. The van der Waals surface area contributed by atoms with E-state index >= 15 is 0 Å². The Labute approximate surface area is 192 Å². The van der Waals surface area contributed by atoms with Crippen molar-refractivity contribution in [3.63, 3.8) is 0 Å². The third kappa shape index (κ3) is 13.9. The lowest BCUT2D eigenvalue weighted by molar-refractivity contribution is -0.163. The van der Waals surface area contributed by atoms with Gasteiger partial charge < -0.3 is 9.47 Å². The highest BCUT2D eigenvalue weighted by molar-refractivity contribution is 5.82. The van der Waals surface area contributed by atoms with Gasteiger partial charge in [-0.15, -0.1) is 0 Å². The summed E-state index contributed by atoms with van der Waals surface area (Å²) in [6.45, 7) is 7.68. The van der Waals surface area contributed by atoms with Crippen LogP contribution in [0, 0.1) is 17.8 Å². The van der Waals surface area contributed by atoms with Crippen molar-refractivity contribution >= 4 is 11.9 Å². The van der Waals surface area contributed by atoms with Crippen LogP contribution in [0.2, 0.25) is 0 Å². The molecule has 0 N–H and O–H groups in total. The fraction of sp³-hybridized carbons (Fsp3) is 0.926. The van der Waals surface area contributed by atoms with E-state index in [9.17, 15) is 9.59 Å². The van der Waals surface area contributed by atoms with Crippen molar-refractivity contribution in [2.75, 3.05) is 13.2 Å². The number of carbonyl (C=O) groups excluding carboxylic acids is 2. The topological polar surface area (TPSA) is 52.6 Å². The highest BCUT2D eigenvalue weighted by Gasteiger charge is 2.37. The molecule has 1 saturated carbocycles. The lowest BCUT2D eigenvalue weighted by atomic mass is 9.79. The van der Waals surface area contributed by atoms with Crippen molar-refractivity contribution in [3.05, 3.63) is 0 Å². The van der Waals surface area contributed by atoms with E-state index in [1.165, 1.54) is 57.8 Å². The first kappa shape index (κ1) is 28.0. The van der Waals surface area contributed by atoms with E-state index in [1.54, 1.807) is 0 Å². The van der Waals surface area contributed by atoms with Crippen molar-refractivity contribution in [3.8, 4) is 0 Å². The zero-order chi connectivity index (χ0) is 22.7. The summed E-state index contributed by atoms with van der Waals surface area (Å²) in [5.74, 6) is -0.250. The molecule has 0 aliphatic heterocycles. The molecule has 0 amide bonds. The minimum atomic E-state index is -0.306. The molecular weight excluding hydrogens is 388 g/mol. The van der Waals surface area contributed by atoms with E-state index in [-0.39, 0.29) is 23.8 Å². The number of rotatable bonds is 18. The highest BCUT2D eigenvalue weighted by Crippen LogP contribution is 2.32. The molecule has 0 spiro atoms. The number of esters is 2. The Hall–Kier alpha value is -1.06. The number of hydrogen-bond donors (Lipinski definition) is 0. The average molecular weight is 439 g/mol. The molecule has 4 nitrogen and oxygen atoms in total. The molecule has 0 heterocycles. The highest BCUT2D eigenvalue weighted by atomic mass is 16.5. The van der Waals surface area contributed by atoms with Crippen LogP contribution in [0.25, 0.3) is 0 Å². The summed E-state index contributed by atoms with van der Waals surface area (Å²) < 4.78 is 11.1. The predicted octanol–water partition coefficient (Wildman–Crippen LogP) is 7.63. The van der Waals surface area contributed by atoms with E-state index in [0.29, 0.717) is 13.2 Å². The molecule has 0 aromatic rings. The van der Waals surface area contributed by atoms with Crippen LogP contribution in [-0.4, -0.2) is 25.2 Å². The van der Waals surface area contributed by atoms with Gasteiger partial charge in [0.1, 0.15) is 0 Å². The Morgan fingerprint density at radius 3 is 1.55 bits per heavy atom. The van der Waals surface area contributed by atoms with Crippen molar-refractivity contribution in [2.45, 2.75) is 130 Å². The second-order valence-corrected chi connectivity index (χ2v) is 9.90. The first-order valence-corrected chi connectivity index (χ1v) is 13.4. The summed E-state index contributed by atoms with van der Waals surface area (Å²) >= 11 is 0. The molecule has 1 rings (SSSR count). The molecule has 0 aromatic heterocycles. The number of ether oxygens (including phenoxy) is 2. The van der Waals surface area contributed by atoms with Gasteiger partial charge in [-0.25, -0.2) is 0 Å². The van der Waals surface area contributed by atoms with E-state index in [2.05, 4.69) is 20.8 Å². The molecule has 2 unspecified atom stereocenters. The molecule has 31 heavy (non-hydrogen) atoms. The van der Waals surface area contributed by atoms with Gasteiger partial charge in [0.15, 0.2) is 0 Å². The molecule has 0 aromatic carbocycles. The Balaban J connectivity index is 2.17. The van der Waals surface area contributed by atoms with Gasteiger partial charge >= 0.3 is 11.9 Å². The van der Waals surface area contributed by atoms with Gasteiger partial charge in [0.05, 0.1) is 25.0 Å². The SMILES string of the molecule is CCCCCCCCCCCOC(=O)C1CCCCC1C(=O)OCCCCCC(C)C. The van der Waals surface area contributed by atoms with Crippen LogP contribution in [-0.2, 0) is 19.1 Å². The molecule has 182 valence electrons. The molecule has 1 fully saturated rings. The molecule has 1 aliphatic rings. The standard InChI is InChI=1S/C27H50O4/c1-4-5-6-7-8-9-10-11-16-21-30-26(28)24-19-14-15-20-25(24)27(29)31-22-17-12-13-18-23(2)3/h23-25H,4-22H2,1-3H3. The first-order valence-electron chi connectivity index (χ1n) is 13.4.